The molecular weight excluding hydrogens is 216 g/mol. The number of unbranched alkanes of at least 4 members (excludes halogenated alkanes) is 1. The maximum Gasteiger partial charge on any atom is 0.303 e. The predicted molar refractivity (Wildman–Crippen MR) is 67.4 cm³/mol. The fourth-order valence-corrected chi connectivity index (χ4v) is 1.89. The number of phenolic OH excluding ortho intramolecular Hbond substituents is 1. The second kappa shape index (κ2) is 6.28. The van der Waals surface area contributed by atoms with Crippen LogP contribution in [0, 0.1) is 6.92 Å². The summed E-state index contributed by atoms with van der Waals surface area (Å²) in [6.07, 6.45) is 3.63. The minimum absolute atomic E-state index is 0.136. The lowest BCUT2D eigenvalue weighted by Crippen LogP contribution is -1.99. The van der Waals surface area contributed by atoms with Crippen LogP contribution >= 0.6 is 0 Å². The van der Waals surface area contributed by atoms with E-state index in [4.69, 9.17) is 5.11 Å². The lowest BCUT2D eigenvalue weighted by molar-refractivity contribution is -0.136. The van der Waals surface area contributed by atoms with E-state index >= 15 is 0 Å². The highest BCUT2D eigenvalue weighted by molar-refractivity contribution is 5.67. The Kier molecular flexibility index (Phi) is 5.01. The van der Waals surface area contributed by atoms with E-state index in [2.05, 4.69) is 6.92 Å². The maximum atomic E-state index is 10.5. The van der Waals surface area contributed by atoms with Gasteiger partial charge in [0.1, 0.15) is 5.75 Å². The summed E-state index contributed by atoms with van der Waals surface area (Å²) < 4.78 is 0. The van der Waals surface area contributed by atoms with Crippen molar-refractivity contribution in [2.75, 3.05) is 0 Å². The summed E-state index contributed by atoms with van der Waals surface area (Å²) in [6.45, 7) is 3.97. The maximum absolute atomic E-state index is 10.5. The first kappa shape index (κ1) is 13.6. The van der Waals surface area contributed by atoms with Crippen LogP contribution in [0.15, 0.2) is 12.1 Å². The van der Waals surface area contributed by atoms with E-state index < -0.39 is 5.97 Å². The average molecular weight is 236 g/mol. The molecule has 2 N–H and O–H groups in total. The highest BCUT2D eigenvalue weighted by Gasteiger charge is 2.08. The molecule has 0 aliphatic heterocycles. The van der Waals surface area contributed by atoms with Crippen molar-refractivity contribution in [1.82, 2.24) is 0 Å². The number of aromatic hydroxyl groups is 1. The molecule has 0 saturated carbocycles. The minimum atomic E-state index is -0.786. The van der Waals surface area contributed by atoms with Crippen molar-refractivity contribution in [2.45, 2.75) is 46.0 Å². The topological polar surface area (TPSA) is 57.5 Å². The van der Waals surface area contributed by atoms with Crippen molar-refractivity contribution >= 4 is 5.97 Å². The van der Waals surface area contributed by atoms with Gasteiger partial charge in [0.15, 0.2) is 0 Å². The summed E-state index contributed by atoms with van der Waals surface area (Å²) >= 11 is 0. The summed E-state index contributed by atoms with van der Waals surface area (Å²) in [5, 5.41) is 18.6. The summed E-state index contributed by atoms with van der Waals surface area (Å²) in [4.78, 5) is 10.5. The first-order valence-corrected chi connectivity index (χ1v) is 6.07. The first-order chi connectivity index (χ1) is 8.04. The number of hydrogen-bond donors (Lipinski definition) is 2. The molecule has 17 heavy (non-hydrogen) atoms. The number of rotatable bonds is 6. The predicted octanol–water partition coefficient (Wildman–Crippen LogP) is 3.06. The fourth-order valence-electron chi connectivity index (χ4n) is 1.89. The van der Waals surface area contributed by atoms with E-state index in [9.17, 15) is 9.90 Å². The van der Waals surface area contributed by atoms with Gasteiger partial charge in [-0.25, -0.2) is 0 Å². The number of benzene rings is 1. The Balaban J connectivity index is 2.85. The minimum Gasteiger partial charge on any atom is -0.507 e. The molecule has 3 heteroatoms. The SMILES string of the molecule is CCCCc1cc(CCC(=O)O)cc(C)c1O. The highest BCUT2D eigenvalue weighted by Crippen LogP contribution is 2.26. The van der Waals surface area contributed by atoms with Crippen LogP contribution in [0.25, 0.3) is 0 Å². The fraction of sp³-hybridized carbons (Fsp3) is 0.500. The molecule has 94 valence electrons. The van der Waals surface area contributed by atoms with Gasteiger partial charge in [-0.05, 0) is 42.9 Å². The van der Waals surface area contributed by atoms with Gasteiger partial charge < -0.3 is 10.2 Å². The standard InChI is InChI=1S/C14H20O3/c1-3-4-5-12-9-11(6-7-13(15)16)8-10(2)14(12)17/h8-9,17H,3-7H2,1-2H3,(H,15,16). The molecule has 0 aromatic heterocycles. The molecule has 0 spiro atoms. The Morgan fingerprint density at radius 3 is 2.59 bits per heavy atom. The summed E-state index contributed by atoms with van der Waals surface area (Å²) in [5.41, 5.74) is 2.76. The molecule has 3 nitrogen and oxygen atoms in total. The van der Waals surface area contributed by atoms with Gasteiger partial charge in [0.05, 0.1) is 0 Å². The van der Waals surface area contributed by atoms with Crippen molar-refractivity contribution in [3.63, 3.8) is 0 Å². The number of carbonyl (C=O) groups is 1. The van der Waals surface area contributed by atoms with E-state index in [-0.39, 0.29) is 6.42 Å². The Morgan fingerprint density at radius 2 is 2.00 bits per heavy atom. The van der Waals surface area contributed by atoms with Gasteiger partial charge in [-0.1, -0.05) is 25.5 Å². The highest BCUT2D eigenvalue weighted by atomic mass is 16.4. The van der Waals surface area contributed by atoms with Crippen molar-refractivity contribution < 1.29 is 15.0 Å². The van der Waals surface area contributed by atoms with Crippen LogP contribution in [-0.2, 0) is 17.6 Å². The van der Waals surface area contributed by atoms with Gasteiger partial charge in [0, 0.05) is 6.42 Å². The number of carboxylic acid groups (broad SMARTS) is 1. The largest absolute Gasteiger partial charge is 0.507 e. The lowest BCUT2D eigenvalue weighted by atomic mass is 9.98. The molecular formula is C14H20O3. The Morgan fingerprint density at radius 1 is 1.29 bits per heavy atom. The quantitative estimate of drug-likeness (QED) is 0.798. The molecule has 0 amide bonds. The molecule has 1 aromatic carbocycles. The van der Waals surface area contributed by atoms with Gasteiger partial charge in [0.2, 0.25) is 0 Å². The first-order valence-electron chi connectivity index (χ1n) is 6.07. The number of phenols is 1. The van der Waals surface area contributed by atoms with Crippen LogP contribution in [-0.4, -0.2) is 16.2 Å². The Labute approximate surface area is 102 Å². The van der Waals surface area contributed by atoms with E-state index in [1.165, 1.54) is 0 Å². The molecule has 0 unspecified atom stereocenters. The normalized spacial score (nSPS) is 10.5. The van der Waals surface area contributed by atoms with Crippen molar-refractivity contribution in [3.05, 3.63) is 28.8 Å². The second-order valence-electron chi connectivity index (χ2n) is 4.42. The second-order valence-corrected chi connectivity index (χ2v) is 4.42. The van der Waals surface area contributed by atoms with Crippen LogP contribution in [0.3, 0.4) is 0 Å². The van der Waals surface area contributed by atoms with Gasteiger partial charge in [-0.15, -0.1) is 0 Å². The zero-order valence-corrected chi connectivity index (χ0v) is 10.5. The zero-order chi connectivity index (χ0) is 12.8. The number of carboxylic acids is 1. The van der Waals surface area contributed by atoms with Crippen LogP contribution < -0.4 is 0 Å². The monoisotopic (exact) mass is 236 g/mol. The van der Waals surface area contributed by atoms with Crippen LogP contribution in [0.1, 0.15) is 42.9 Å². The third-order valence-electron chi connectivity index (χ3n) is 2.87. The van der Waals surface area contributed by atoms with Crippen molar-refractivity contribution in [2.24, 2.45) is 0 Å². The smallest absolute Gasteiger partial charge is 0.303 e. The van der Waals surface area contributed by atoms with Crippen LogP contribution in [0.4, 0.5) is 0 Å². The number of aliphatic carboxylic acids is 1. The van der Waals surface area contributed by atoms with Crippen LogP contribution in [0.2, 0.25) is 0 Å². The molecule has 0 atom stereocenters. The molecule has 0 radical (unpaired) electrons. The number of aryl methyl sites for hydroxylation is 3. The van der Waals surface area contributed by atoms with E-state index in [0.29, 0.717) is 12.2 Å². The van der Waals surface area contributed by atoms with Crippen molar-refractivity contribution in [1.29, 1.82) is 0 Å². The molecule has 0 heterocycles. The van der Waals surface area contributed by atoms with Gasteiger partial charge in [0.25, 0.3) is 0 Å². The van der Waals surface area contributed by atoms with Gasteiger partial charge in [-0.2, -0.15) is 0 Å². The van der Waals surface area contributed by atoms with E-state index in [1.54, 1.807) is 0 Å². The Hall–Kier alpha value is -1.51. The van der Waals surface area contributed by atoms with Crippen LogP contribution in [0.5, 0.6) is 5.75 Å². The van der Waals surface area contributed by atoms with Gasteiger partial charge >= 0.3 is 5.97 Å². The van der Waals surface area contributed by atoms with E-state index in [1.807, 2.05) is 19.1 Å². The molecule has 1 rings (SSSR count). The summed E-state index contributed by atoms with van der Waals surface area (Å²) in [5.74, 6) is -0.427. The Bertz CT molecular complexity index is 397. The summed E-state index contributed by atoms with van der Waals surface area (Å²) in [6, 6.07) is 3.80. The molecule has 0 aliphatic carbocycles. The zero-order valence-electron chi connectivity index (χ0n) is 10.5. The van der Waals surface area contributed by atoms with Gasteiger partial charge in [-0.3, -0.25) is 4.79 Å². The average Bonchev–Trinajstić information content (AvgIpc) is 2.28. The molecule has 0 bridgehead atoms. The molecule has 0 saturated heterocycles. The molecule has 0 aliphatic rings. The summed E-state index contributed by atoms with van der Waals surface area (Å²) in [7, 11) is 0. The third kappa shape index (κ3) is 4.10. The number of hydrogen-bond acceptors (Lipinski definition) is 2. The third-order valence-corrected chi connectivity index (χ3v) is 2.87. The lowest BCUT2D eigenvalue weighted by Gasteiger charge is -2.10. The molecule has 0 fully saturated rings. The van der Waals surface area contributed by atoms with Crippen molar-refractivity contribution in [3.8, 4) is 5.75 Å². The van der Waals surface area contributed by atoms with E-state index in [0.717, 1.165) is 36.0 Å². The molecule has 1 aromatic rings.